The topological polar surface area (TPSA) is 75.4 Å². The highest BCUT2D eigenvalue weighted by molar-refractivity contribution is 5.84. The fourth-order valence-electron chi connectivity index (χ4n) is 1.58. The van der Waals surface area contributed by atoms with Crippen molar-refractivity contribution in [2.45, 2.75) is 40.2 Å². The Morgan fingerprint density at radius 1 is 1.28 bits per heavy atom. The molecule has 1 unspecified atom stereocenters. The SMILES string of the molecule is CNC(=O)C(C)CN(C)C(=O)C(C)(C)C(C)(C)N. The molecule has 0 spiro atoms. The maximum Gasteiger partial charge on any atom is 0.229 e. The summed E-state index contributed by atoms with van der Waals surface area (Å²) in [5.41, 5.74) is 4.75. The Morgan fingerprint density at radius 2 is 1.72 bits per heavy atom. The van der Waals surface area contributed by atoms with Crippen LogP contribution in [0.25, 0.3) is 0 Å². The molecule has 0 aliphatic carbocycles. The summed E-state index contributed by atoms with van der Waals surface area (Å²) in [5.74, 6) is -0.356. The van der Waals surface area contributed by atoms with E-state index in [1.807, 2.05) is 27.7 Å². The Hall–Kier alpha value is -1.10. The van der Waals surface area contributed by atoms with E-state index in [0.29, 0.717) is 6.54 Å². The molecule has 2 amide bonds. The third-order valence-electron chi connectivity index (χ3n) is 3.73. The smallest absolute Gasteiger partial charge is 0.229 e. The summed E-state index contributed by atoms with van der Waals surface area (Å²) in [7, 11) is 3.29. The van der Waals surface area contributed by atoms with Gasteiger partial charge in [-0.25, -0.2) is 0 Å². The van der Waals surface area contributed by atoms with E-state index >= 15 is 0 Å². The molecule has 0 radical (unpaired) electrons. The number of hydrogen-bond donors (Lipinski definition) is 2. The average Bonchev–Trinajstić information content (AvgIpc) is 2.24. The first-order valence-corrected chi connectivity index (χ1v) is 6.21. The zero-order valence-corrected chi connectivity index (χ0v) is 12.6. The van der Waals surface area contributed by atoms with Gasteiger partial charge in [0, 0.05) is 26.2 Å². The van der Waals surface area contributed by atoms with E-state index < -0.39 is 11.0 Å². The fourth-order valence-corrected chi connectivity index (χ4v) is 1.58. The molecule has 5 heteroatoms. The van der Waals surface area contributed by atoms with Crippen molar-refractivity contribution in [2.75, 3.05) is 20.6 Å². The molecule has 0 fully saturated rings. The summed E-state index contributed by atoms with van der Waals surface area (Å²) >= 11 is 0. The summed E-state index contributed by atoms with van der Waals surface area (Å²) in [6.45, 7) is 9.51. The minimum absolute atomic E-state index is 0.0502. The lowest BCUT2D eigenvalue weighted by atomic mass is 9.74. The highest BCUT2D eigenvalue weighted by atomic mass is 16.2. The van der Waals surface area contributed by atoms with Crippen LogP contribution in [0, 0.1) is 11.3 Å². The molecule has 3 N–H and O–H groups in total. The van der Waals surface area contributed by atoms with Crippen LogP contribution in [0.1, 0.15) is 34.6 Å². The number of carbonyl (C=O) groups excluding carboxylic acids is 2. The van der Waals surface area contributed by atoms with E-state index in [1.54, 1.807) is 25.9 Å². The number of nitrogens with zero attached hydrogens (tertiary/aromatic N) is 1. The molecule has 0 aromatic carbocycles. The normalized spacial score (nSPS) is 14.0. The van der Waals surface area contributed by atoms with E-state index in [1.165, 1.54) is 0 Å². The lowest BCUT2D eigenvalue weighted by molar-refractivity contribution is -0.143. The van der Waals surface area contributed by atoms with Gasteiger partial charge in [0.25, 0.3) is 0 Å². The minimum atomic E-state index is -0.676. The van der Waals surface area contributed by atoms with Gasteiger partial charge in [-0.2, -0.15) is 0 Å². The molecule has 0 heterocycles. The van der Waals surface area contributed by atoms with Crippen LogP contribution < -0.4 is 11.1 Å². The van der Waals surface area contributed by atoms with E-state index in [4.69, 9.17) is 5.73 Å². The molecule has 106 valence electrons. The number of hydrogen-bond acceptors (Lipinski definition) is 3. The van der Waals surface area contributed by atoms with Crippen molar-refractivity contribution < 1.29 is 9.59 Å². The molecule has 0 aromatic rings. The monoisotopic (exact) mass is 257 g/mol. The average molecular weight is 257 g/mol. The van der Waals surface area contributed by atoms with Gasteiger partial charge in [0.1, 0.15) is 0 Å². The molecule has 0 bridgehead atoms. The Bertz CT molecular complexity index is 319. The summed E-state index contributed by atoms with van der Waals surface area (Å²) < 4.78 is 0. The first-order valence-electron chi connectivity index (χ1n) is 6.21. The second kappa shape index (κ2) is 5.69. The number of nitrogens with two attached hydrogens (primary N) is 1. The van der Waals surface area contributed by atoms with E-state index in [0.717, 1.165) is 0 Å². The molecular formula is C13H27N3O2. The zero-order chi connectivity index (χ0) is 14.7. The third kappa shape index (κ3) is 3.70. The van der Waals surface area contributed by atoms with Gasteiger partial charge in [-0.1, -0.05) is 6.92 Å². The maximum absolute atomic E-state index is 12.4. The van der Waals surface area contributed by atoms with Gasteiger partial charge in [0.05, 0.1) is 11.3 Å². The predicted molar refractivity (Wildman–Crippen MR) is 72.9 cm³/mol. The lowest BCUT2D eigenvalue weighted by Crippen LogP contribution is -2.56. The van der Waals surface area contributed by atoms with Crippen molar-refractivity contribution in [3.63, 3.8) is 0 Å². The highest BCUT2D eigenvalue weighted by Crippen LogP contribution is 2.30. The Labute approximate surface area is 110 Å². The van der Waals surface area contributed by atoms with Gasteiger partial charge < -0.3 is 16.0 Å². The van der Waals surface area contributed by atoms with Crippen LogP contribution in [0.15, 0.2) is 0 Å². The number of carbonyl (C=O) groups is 2. The van der Waals surface area contributed by atoms with Crippen molar-refractivity contribution in [3.05, 3.63) is 0 Å². The summed E-state index contributed by atoms with van der Waals surface area (Å²) in [5, 5.41) is 2.58. The second-order valence-corrected chi connectivity index (χ2v) is 6.05. The molecule has 1 atom stereocenters. The standard InChI is InChI=1S/C13H27N3O2/c1-9(10(17)15-6)8-16(7)11(18)12(2,3)13(4,5)14/h9H,8,14H2,1-7H3,(H,15,17). The van der Waals surface area contributed by atoms with Gasteiger partial charge in [-0.15, -0.1) is 0 Å². The Balaban J connectivity index is 4.77. The Morgan fingerprint density at radius 3 is 2.06 bits per heavy atom. The van der Waals surface area contributed by atoms with Crippen molar-refractivity contribution in [3.8, 4) is 0 Å². The molecule has 0 aromatic heterocycles. The molecule has 18 heavy (non-hydrogen) atoms. The third-order valence-corrected chi connectivity index (χ3v) is 3.73. The molecule has 0 saturated heterocycles. The molecule has 0 saturated carbocycles. The van der Waals surface area contributed by atoms with Crippen LogP contribution in [0.3, 0.4) is 0 Å². The molecule has 0 aliphatic heterocycles. The van der Waals surface area contributed by atoms with Crippen molar-refractivity contribution >= 4 is 11.8 Å². The lowest BCUT2D eigenvalue weighted by Gasteiger charge is -2.40. The van der Waals surface area contributed by atoms with Gasteiger partial charge in [0.2, 0.25) is 11.8 Å². The van der Waals surface area contributed by atoms with Crippen molar-refractivity contribution in [1.29, 1.82) is 0 Å². The van der Waals surface area contributed by atoms with Crippen LogP contribution in [0.2, 0.25) is 0 Å². The van der Waals surface area contributed by atoms with Crippen molar-refractivity contribution in [2.24, 2.45) is 17.1 Å². The van der Waals surface area contributed by atoms with Gasteiger partial charge in [-0.3, -0.25) is 9.59 Å². The first-order chi connectivity index (χ1) is 7.95. The number of rotatable bonds is 5. The molecule has 0 aliphatic rings. The number of nitrogens with one attached hydrogen (secondary N) is 1. The quantitative estimate of drug-likeness (QED) is 0.757. The largest absolute Gasteiger partial charge is 0.359 e. The summed E-state index contributed by atoms with van der Waals surface area (Å²) in [6, 6.07) is 0. The summed E-state index contributed by atoms with van der Waals surface area (Å²) in [4.78, 5) is 25.4. The van der Waals surface area contributed by atoms with E-state index in [9.17, 15) is 9.59 Å². The van der Waals surface area contributed by atoms with Crippen LogP contribution in [-0.2, 0) is 9.59 Å². The predicted octanol–water partition coefficient (Wildman–Crippen LogP) is 0.590. The Kier molecular flexibility index (Phi) is 5.35. The second-order valence-electron chi connectivity index (χ2n) is 6.05. The fraction of sp³-hybridized carbons (Fsp3) is 0.846. The van der Waals surface area contributed by atoms with Crippen LogP contribution in [0.4, 0.5) is 0 Å². The minimum Gasteiger partial charge on any atom is -0.359 e. The maximum atomic E-state index is 12.4. The molecule has 5 nitrogen and oxygen atoms in total. The zero-order valence-electron chi connectivity index (χ0n) is 12.6. The van der Waals surface area contributed by atoms with Crippen LogP contribution in [-0.4, -0.2) is 42.9 Å². The van der Waals surface area contributed by atoms with Gasteiger partial charge in [0.15, 0.2) is 0 Å². The highest BCUT2D eigenvalue weighted by Gasteiger charge is 2.42. The molecule has 0 rings (SSSR count). The molecular weight excluding hydrogens is 230 g/mol. The van der Waals surface area contributed by atoms with Crippen LogP contribution >= 0.6 is 0 Å². The first kappa shape index (κ1) is 16.9. The summed E-state index contributed by atoms with van der Waals surface area (Å²) in [6.07, 6.45) is 0. The van der Waals surface area contributed by atoms with Gasteiger partial charge >= 0.3 is 0 Å². The van der Waals surface area contributed by atoms with Crippen molar-refractivity contribution in [1.82, 2.24) is 10.2 Å². The van der Waals surface area contributed by atoms with E-state index in [2.05, 4.69) is 5.32 Å². The van der Waals surface area contributed by atoms with Gasteiger partial charge in [-0.05, 0) is 27.7 Å². The van der Waals surface area contributed by atoms with Crippen LogP contribution in [0.5, 0.6) is 0 Å². The van der Waals surface area contributed by atoms with E-state index in [-0.39, 0.29) is 17.7 Å². The number of amides is 2.